The van der Waals surface area contributed by atoms with Crippen LogP contribution in [0.15, 0.2) is 0 Å². The average Bonchev–Trinajstić information content (AvgIpc) is 2.91. The Kier molecular flexibility index (Phi) is 4.70. The summed E-state index contributed by atoms with van der Waals surface area (Å²) in [6, 6.07) is 0. The molecule has 2 atom stereocenters. The van der Waals surface area contributed by atoms with Crippen molar-refractivity contribution in [1.29, 1.82) is 0 Å². The average molecular weight is 186 g/mol. The minimum atomic E-state index is 0.274. The summed E-state index contributed by atoms with van der Waals surface area (Å²) in [5, 5.41) is 3.11. The van der Waals surface area contributed by atoms with Crippen molar-refractivity contribution in [1.82, 2.24) is 10.2 Å². The maximum atomic E-state index is 5.40. The second kappa shape index (κ2) is 5.58. The van der Waals surface area contributed by atoms with Gasteiger partial charge in [0.15, 0.2) is 6.23 Å². The van der Waals surface area contributed by atoms with E-state index < -0.39 is 0 Å². The molecule has 0 aromatic heterocycles. The molecular weight excluding hydrogens is 164 g/mol. The summed E-state index contributed by atoms with van der Waals surface area (Å²) in [4.78, 5) is 2.29. The normalized spacial score (nSPS) is 26.8. The number of hydrogen-bond acceptors (Lipinski definition) is 3. The van der Waals surface area contributed by atoms with E-state index in [4.69, 9.17) is 4.74 Å². The van der Waals surface area contributed by atoms with Crippen molar-refractivity contribution in [2.45, 2.75) is 45.1 Å². The van der Waals surface area contributed by atoms with Gasteiger partial charge in [-0.2, -0.15) is 0 Å². The third-order valence-corrected chi connectivity index (χ3v) is 2.55. The number of rotatable bonds is 7. The molecule has 2 unspecified atom stereocenters. The number of nitrogens with zero attached hydrogens (tertiary/aromatic N) is 1. The first-order chi connectivity index (χ1) is 6.29. The number of likely N-dealkylation sites (N-methyl/N-ethyl adjacent to an activating group) is 2. The minimum Gasteiger partial charge on any atom is -0.337 e. The number of hydrogen-bond donors (Lipinski definition) is 1. The Morgan fingerprint density at radius 2 is 2.08 bits per heavy atom. The molecule has 0 radical (unpaired) electrons. The largest absolute Gasteiger partial charge is 0.337 e. The van der Waals surface area contributed by atoms with E-state index in [2.05, 4.69) is 24.2 Å². The minimum absolute atomic E-state index is 0.274. The van der Waals surface area contributed by atoms with Gasteiger partial charge >= 0.3 is 0 Å². The third-order valence-electron chi connectivity index (χ3n) is 2.55. The SMILES string of the molecule is CCCCCCN(C)C1OC1NC. The Balaban J connectivity index is 1.96. The molecule has 0 aromatic rings. The summed E-state index contributed by atoms with van der Waals surface area (Å²) in [7, 11) is 4.07. The van der Waals surface area contributed by atoms with Crippen molar-refractivity contribution in [2.24, 2.45) is 0 Å². The summed E-state index contributed by atoms with van der Waals surface area (Å²) in [5.41, 5.74) is 0. The molecular formula is C10H22N2O. The molecule has 78 valence electrons. The molecule has 1 rings (SSSR count). The molecule has 0 saturated carbocycles. The number of unbranched alkanes of at least 4 members (excludes halogenated alkanes) is 3. The molecule has 0 amide bonds. The summed E-state index contributed by atoms with van der Waals surface area (Å²) in [5.74, 6) is 0. The van der Waals surface area contributed by atoms with Gasteiger partial charge in [0, 0.05) is 6.54 Å². The van der Waals surface area contributed by atoms with Gasteiger partial charge < -0.3 is 4.74 Å². The highest BCUT2D eigenvalue weighted by molar-refractivity contribution is 4.79. The van der Waals surface area contributed by atoms with Gasteiger partial charge in [-0.1, -0.05) is 26.2 Å². The molecule has 1 aliphatic heterocycles. The molecule has 0 spiro atoms. The van der Waals surface area contributed by atoms with Crippen molar-refractivity contribution in [2.75, 3.05) is 20.6 Å². The molecule has 0 bridgehead atoms. The smallest absolute Gasteiger partial charge is 0.152 e. The van der Waals surface area contributed by atoms with Crippen LogP contribution in [0.25, 0.3) is 0 Å². The molecule has 3 heteroatoms. The number of nitrogens with one attached hydrogen (secondary N) is 1. The first kappa shape index (κ1) is 11.0. The van der Waals surface area contributed by atoms with Gasteiger partial charge in [-0.3, -0.25) is 10.2 Å². The van der Waals surface area contributed by atoms with Crippen molar-refractivity contribution in [3.05, 3.63) is 0 Å². The van der Waals surface area contributed by atoms with Gasteiger partial charge in [-0.15, -0.1) is 0 Å². The molecule has 0 aliphatic carbocycles. The first-order valence-electron chi connectivity index (χ1n) is 5.32. The van der Waals surface area contributed by atoms with E-state index in [0.717, 1.165) is 6.54 Å². The summed E-state index contributed by atoms with van der Waals surface area (Å²) in [6.45, 7) is 3.40. The Bertz CT molecular complexity index is 141. The molecule has 3 nitrogen and oxygen atoms in total. The van der Waals surface area contributed by atoms with E-state index in [0.29, 0.717) is 6.23 Å². The van der Waals surface area contributed by atoms with Crippen molar-refractivity contribution < 1.29 is 4.74 Å². The second-order valence-corrected chi connectivity index (χ2v) is 3.78. The van der Waals surface area contributed by atoms with Gasteiger partial charge in [-0.05, 0) is 20.5 Å². The van der Waals surface area contributed by atoms with Crippen LogP contribution in [0.5, 0.6) is 0 Å². The summed E-state index contributed by atoms with van der Waals surface area (Å²) >= 11 is 0. The molecule has 1 fully saturated rings. The van der Waals surface area contributed by atoms with Crippen LogP contribution < -0.4 is 5.32 Å². The fourth-order valence-corrected chi connectivity index (χ4v) is 1.57. The Morgan fingerprint density at radius 3 is 2.62 bits per heavy atom. The lowest BCUT2D eigenvalue weighted by Crippen LogP contribution is -2.28. The Morgan fingerprint density at radius 1 is 1.31 bits per heavy atom. The fourth-order valence-electron chi connectivity index (χ4n) is 1.57. The van der Waals surface area contributed by atoms with Gasteiger partial charge in [-0.25, -0.2) is 0 Å². The number of epoxide rings is 1. The van der Waals surface area contributed by atoms with E-state index in [1.165, 1.54) is 25.7 Å². The zero-order chi connectivity index (χ0) is 9.68. The van der Waals surface area contributed by atoms with E-state index >= 15 is 0 Å². The number of ether oxygens (including phenoxy) is 1. The maximum Gasteiger partial charge on any atom is 0.152 e. The Hall–Kier alpha value is -0.120. The summed E-state index contributed by atoms with van der Waals surface area (Å²) in [6.07, 6.45) is 5.90. The molecule has 13 heavy (non-hydrogen) atoms. The van der Waals surface area contributed by atoms with Crippen LogP contribution in [0, 0.1) is 0 Å². The lowest BCUT2D eigenvalue weighted by Gasteiger charge is -2.13. The van der Waals surface area contributed by atoms with Crippen molar-refractivity contribution in [3.8, 4) is 0 Å². The summed E-state index contributed by atoms with van der Waals surface area (Å²) < 4.78 is 5.40. The van der Waals surface area contributed by atoms with Crippen LogP contribution in [0.2, 0.25) is 0 Å². The van der Waals surface area contributed by atoms with Crippen LogP contribution in [0.1, 0.15) is 32.6 Å². The van der Waals surface area contributed by atoms with Gasteiger partial charge in [0.25, 0.3) is 0 Å². The van der Waals surface area contributed by atoms with E-state index in [1.807, 2.05) is 7.05 Å². The van der Waals surface area contributed by atoms with Gasteiger partial charge in [0.2, 0.25) is 0 Å². The quantitative estimate of drug-likeness (QED) is 0.481. The lowest BCUT2D eigenvalue weighted by atomic mass is 10.2. The molecule has 1 saturated heterocycles. The van der Waals surface area contributed by atoms with Crippen LogP contribution in [-0.4, -0.2) is 38.0 Å². The van der Waals surface area contributed by atoms with Gasteiger partial charge in [0.05, 0.1) is 0 Å². The lowest BCUT2D eigenvalue weighted by molar-refractivity contribution is 0.206. The monoisotopic (exact) mass is 186 g/mol. The highest BCUT2D eigenvalue weighted by atomic mass is 16.6. The standard InChI is InChI=1S/C10H22N2O/c1-4-5-6-7-8-12(3)10-9(11-2)13-10/h9-11H,4-8H2,1-3H3. The zero-order valence-electron chi connectivity index (χ0n) is 9.05. The van der Waals surface area contributed by atoms with Gasteiger partial charge in [0.1, 0.15) is 6.23 Å². The van der Waals surface area contributed by atoms with Crippen LogP contribution in [0.3, 0.4) is 0 Å². The van der Waals surface area contributed by atoms with Crippen LogP contribution >= 0.6 is 0 Å². The molecule has 1 N–H and O–H groups in total. The zero-order valence-corrected chi connectivity index (χ0v) is 9.05. The predicted octanol–water partition coefficient (Wildman–Crippen LogP) is 1.40. The maximum absolute atomic E-state index is 5.40. The fraction of sp³-hybridized carbons (Fsp3) is 1.00. The topological polar surface area (TPSA) is 27.8 Å². The van der Waals surface area contributed by atoms with E-state index in [1.54, 1.807) is 0 Å². The predicted molar refractivity (Wildman–Crippen MR) is 54.5 cm³/mol. The highest BCUT2D eigenvalue weighted by Gasteiger charge is 2.40. The highest BCUT2D eigenvalue weighted by Crippen LogP contribution is 2.21. The van der Waals surface area contributed by atoms with E-state index in [-0.39, 0.29) is 6.23 Å². The van der Waals surface area contributed by atoms with Crippen LogP contribution in [-0.2, 0) is 4.74 Å². The third kappa shape index (κ3) is 3.63. The molecule has 1 aliphatic rings. The van der Waals surface area contributed by atoms with E-state index in [9.17, 15) is 0 Å². The van der Waals surface area contributed by atoms with Crippen LogP contribution in [0.4, 0.5) is 0 Å². The molecule has 1 heterocycles. The van der Waals surface area contributed by atoms with Crippen molar-refractivity contribution >= 4 is 0 Å². The Labute approximate surface area is 81.4 Å². The molecule has 0 aromatic carbocycles. The first-order valence-corrected chi connectivity index (χ1v) is 5.32. The van der Waals surface area contributed by atoms with Crippen molar-refractivity contribution in [3.63, 3.8) is 0 Å². The second-order valence-electron chi connectivity index (χ2n) is 3.78.